The lowest BCUT2D eigenvalue weighted by Gasteiger charge is -2.12. The van der Waals surface area contributed by atoms with Gasteiger partial charge in [0.15, 0.2) is 0 Å². The molecule has 1 aliphatic rings. The number of imide groups is 1. The zero-order chi connectivity index (χ0) is 11.7. The molecular weight excluding hydrogens is 208 g/mol. The summed E-state index contributed by atoms with van der Waals surface area (Å²) in [6.45, 7) is 2.76. The second kappa shape index (κ2) is 3.96. The van der Waals surface area contributed by atoms with Gasteiger partial charge in [-0.25, -0.2) is 4.98 Å². The molecule has 2 rings (SSSR count). The fraction of sp³-hybridized carbons (Fsp3) is 0.500. The van der Waals surface area contributed by atoms with Crippen LogP contribution in [0, 0.1) is 0 Å². The Morgan fingerprint density at radius 2 is 2.31 bits per heavy atom. The molecule has 1 atom stereocenters. The van der Waals surface area contributed by atoms with Gasteiger partial charge in [-0.1, -0.05) is 0 Å². The van der Waals surface area contributed by atoms with Crippen molar-refractivity contribution in [3.8, 4) is 0 Å². The van der Waals surface area contributed by atoms with E-state index in [1.165, 1.54) is 7.05 Å². The monoisotopic (exact) mass is 222 g/mol. The molecule has 2 heterocycles. The molecule has 1 saturated heterocycles. The number of hydrogen-bond acceptors (Lipinski definition) is 4. The summed E-state index contributed by atoms with van der Waals surface area (Å²) in [7, 11) is 1.50. The first kappa shape index (κ1) is 10.7. The zero-order valence-corrected chi connectivity index (χ0v) is 9.30. The van der Waals surface area contributed by atoms with E-state index in [-0.39, 0.29) is 18.2 Å². The van der Waals surface area contributed by atoms with Crippen LogP contribution in [-0.4, -0.2) is 39.4 Å². The predicted octanol–water partition coefficient (Wildman–Crippen LogP) is 0.0722. The van der Waals surface area contributed by atoms with Gasteiger partial charge >= 0.3 is 0 Å². The van der Waals surface area contributed by atoms with Gasteiger partial charge in [0.1, 0.15) is 6.04 Å². The first-order valence-corrected chi connectivity index (χ1v) is 5.21. The van der Waals surface area contributed by atoms with Gasteiger partial charge in [0.25, 0.3) is 5.91 Å². The highest BCUT2D eigenvalue weighted by Gasteiger charge is 2.36. The molecule has 86 valence electrons. The van der Waals surface area contributed by atoms with E-state index in [1.807, 2.05) is 17.7 Å². The van der Waals surface area contributed by atoms with Crippen molar-refractivity contribution in [1.82, 2.24) is 14.5 Å². The summed E-state index contributed by atoms with van der Waals surface area (Å²) in [6.07, 6.45) is 3.69. The molecule has 1 aromatic rings. The number of nitrogens with one attached hydrogen (secondary N) is 1. The van der Waals surface area contributed by atoms with Crippen LogP contribution in [0.25, 0.3) is 0 Å². The number of rotatable bonds is 3. The zero-order valence-electron chi connectivity index (χ0n) is 9.30. The summed E-state index contributed by atoms with van der Waals surface area (Å²) in [6, 6.07) is -0.481. The van der Waals surface area contributed by atoms with E-state index in [0.29, 0.717) is 5.95 Å². The van der Waals surface area contributed by atoms with Crippen molar-refractivity contribution < 1.29 is 9.59 Å². The van der Waals surface area contributed by atoms with Crippen molar-refractivity contribution in [2.24, 2.45) is 0 Å². The van der Waals surface area contributed by atoms with Crippen LogP contribution < -0.4 is 5.32 Å². The summed E-state index contributed by atoms with van der Waals surface area (Å²) in [5, 5.41) is 2.99. The molecule has 1 unspecified atom stereocenters. The number of likely N-dealkylation sites (N-methyl/N-ethyl adjacent to an activating group) is 1. The van der Waals surface area contributed by atoms with Gasteiger partial charge in [-0.2, -0.15) is 0 Å². The van der Waals surface area contributed by atoms with Crippen LogP contribution in [0.15, 0.2) is 12.4 Å². The Balaban J connectivity index is 2.12. The SMILES string of the molecule is CCn1ccnc1NC1CC(=O)N(C)C1=O. The topological polar surface area (TPSA) is 67.2 Å². The van der Waals surface area contributed by atoms with E-state index in [2.05, 4.69) is 10.3 Å². The number of carbonyl (C=O) groups is 2. The Morgan fingerprint density at radius 1 is 1.56 bits per heavy atom. The predicted molar refractivity (Wildman–Crippen MR) is 57.7 cm³/mol. The van der Waals surface area contributed by atoms with Crippen molar-refractivity contribution in [2.75, 3.05) is 12.4 Å². The fourth-order valence-corrected chi connectivity index (χ4v) is 1.73. The third-order valence-corrected chi connectivity index (χ3v) is 2.74. The van der Waals surface area contributed by atoms with Crippen LogP contribution in [-0.2, 0) is 16.1 Å². The molecule has 1 fully saturated rings. The second-order valence-electron chi connectivity index (χ2n) is 3.73. The molecule has 1 aromatic heterocycles. The smallest absolute Gasteiger partial charge is 0.252 e. The molecule has 16 heavy (non-hydrogen) atoms. The summed E-state index contributed by atoms with van der Waals surface area (Å²) >= 11 is 0. The number of aryl methyl sites for hydroxylation is 1. The molecule has 6 nitrogen and oxygen atoms in total. The number of amides is 2. The van der Waals surface area contributed by atoms with E-state index >= 15 is 0 Å². The molecule has 0 bridgehead atoms. The number of hydrogen-bond donors (Lipinski definition) is 1. The van der Waals surface area contributed by atoms with Crippen LogP contribution in [0.5, 0.6) is 0 Å². The van der Waals surface area contributed by atoms with E-state index < -0.39 is 6.04 Å². The van der Waals surface area contributed by atoms with Crippen LogP contribution in [0.3, 0.4) is 0 Å². The maximum Gasteiger partial charge on any atom is 0.252 e. The number of carbonyl (C=O) groups excluding carboxylic acids is 2. The molecule has 0 radical (unpaired) electrons. The molecule has 1 N–H and O–H groups in total. The molecule has 6 heteroatoms. The highest BCUT2D eigenvalue weighted by Crippen LogP contribution is 2.15. The largest absolute Gasteiger partial charge is 0.343 e. The standard InChI is InChI=1S/C10H14N4O2/c1-3-14-5-4-11-10(14)12-7-6-8(15)13(2)9(7)16/h4-5,7H,3,6H2,1-2H3,(H,11,12). The first-order valence-electron chi connectivity index (χ1n) is 5.21. The summed E-state index contributed by atoms with van der Waals surface area (Å²) in [4.78, 5) is 28.2. The molecular formula is C10H14N4O2. The Kier molecular flexibility index (Phi) is 2.64. The number of anilines is 1. The summed E-state index contributed by atoms with van der Waals surface area (Å²) in [5.41, 5.74) is 0. The van der Waals surface area contributed by atoms with Crippen LogP contribution in [0.1, 0.15) is 13.3 Å². The number of nitrogens with zero attached hydrogens (tertiary/aromatic N) is 3. The minimum atomic E-state index is -0.481. The number of aromatic nitrogens is 2. The fourth-order valence-electron chi connectivity index (χ4n) is 1.73. The van der Waals surface area contributed by atoms with Crippen molar-refractivity contribution in [1.29, 1.82) is 0 Å². The highest BCUT2D eigenvalue weighted by molar-refractivity contribution is 6.06. The van der Waals surface area contributed by atoms with Crippen LogP contribution in [0.2, 0.25) is 0 Å². The molecule has 0 spiro atoms. The molecule has 1 aliphatic heterocycles. The maximum atomic E-state index is 11.6. The molecule has 0 aliphatic carbocycles. The first-order chi connectivity index (χ1) is 7.63. The lowest BCUT2D eigenvalue weighted by atomic mass is 10.2. The summed E-state index contributed by atoms with van der Waals surface area (Å²) in [5.74, 6) is 0.275. The van der Waals surface area contributed by atoms with E-state index in [0.717, 1.165) is 11.4 Å². The minimum Gasteiger partial charge on any atom is -0.343 e. The van der Waals surface area contributed by atoms with Gasteiger partial charge in [0, 0.05) is 26.0 Å². The molecule has 0 aromatic carbocycles. The second-order valence-corrected chi connectivity index (χ2v) is 3.73. The normalized spacial score (nSPS) is 20.6. The maximum absolute atomic E-state index is 11.6. The van der Waals surface area contributed by atoms with E-state index in [1.54, 1.807) is 6.20 Å². The third-order valence-electron chi connectivity index (χ3n) is 2.74. The van der Waals surface area contributed by atoms with Crippen LogP contribution in [0.4, 0.5) is 5.95 Å². The Labute approximate surface area is 93.3 Å². The number of imidazole rings is 1. The average Bonchev–Trinajstić information content (AvgIpc) is 2.81. The van der Waals surface area contributed by atoms with E-state index in [9.17, 15) is 9.59 Å². The Hall–Kier alpha value is -1.85. The molecule has 0 saturated carbocycles. The average molecular weight is 222 g/mol. The van der Waals surface area contributed by atoms with Crippen molar-refractivity contribution in [3.63, 3.8) is 0 Å². The van der Waals surface area contributed by atoms with Gasteiger partial charge in [0.2, 0.25) is 11.9 Å². The molecule has 2 amide bonds. The highest BCUT2D eigenvalue weighted by atomic mass is 16.2. The van der Waals surface area contributed by atoms with Crippen molar-refractivity contribution in [3.05, 3.63) is 12.4 Å². The van der Waals surface area contributed by atoms with Gasteiger partial charge < -0.3 is 9.88 Å². The third kappa shape index (κ3) is 1.66. The lowest BCUT2D eigenvalue weighted by molar-refractivity contribution is -0.136. The van der Waals surface area contributed by atoms with Gasteiger partial charge in [-0.05, 0) is 6.92 Å². The van der Waals surface area contributed by atoms with Gasteiger partial charge in [0.05, 0.1) is 6.42 Å². The van der Waals surface area contributed by atoms with Crippen molar-refractivity contribution >= 4 is 17.8 Å². The van der Waals surface area contributed by atoms with Crippen LogP contribution >= 0.6 is 0 Å². The summed E-state index contributed by atoms with van der Waals surface area (Å²) < 4.78 is 1.88. The number of likely N-dealkylation sites (tertiary alicyclic amines) is 1. The van der Waals surface area contributed by atoms with Crippen molar-refractivity contribution in [2.45, 2.75) is 25.9 Å². The van der Waals surface area contributed by atoms with Gasteiger partial charge in [-0.15, -0.1) is 0 Å². The van der Waals surface area contributed by atoms with Gasteiger partial charge in [-0.3, -0.25) is 14.5 Å². The Morgan fingerprint density at radius 3 is 2.88 bits per heavy atom. The minimum absolute atomic E-state index is 0.155. The van der Waals surface area contributed by atoms with E-state index in [4.69, 9.17) is 0 Å². The lowest BCUT2D eigenvalue weighted by Crippen LogP contribution is -2.32. The Bertz CT molecular complexity index is 426. The quantitative estimate of drug-likeness (QED) is 0.735.